The third-order valence-electron chi connectivity index (χ3n) is 10.3. The molecule has 2 aliphatic rings. The van der Waals surface area contributed by atoms with E-state index in [2.05, 4.69) is 0 Å². The number of phenolic OH excluding ortho intramolecular Hbond substituents is 6. The van der Waals surface area contributed by atoms with E-state index in [0.29, 0.717) is 5.56 Å². The van der Waals surface area contributed by atoms with Crippen molar-refractivity contribution in [3.05, 3.63) is 106 Å². The van der Waals surface area contributed by atoms with E-state index in [1.165, 1.54) is 54.6 Å². The third-order valence-corrected chi connectivity index (χ3v) is 10.3. The molecule has 0 unspecified atom stereocenters. The summed E-state index contributed by atoms with van der Waals surface area (Å²) in [6, 6.07) is 12.2. The van der Waals surface area contributed by atoms with E-state index >= 15 is 0 Å². The van der Waals surface area contributed by atoms with Crippen LogP contribution in [0, 0.1) is 0 Å². The minimum atomic E-state index is -1.94. The van der Waals surface area contributed by atoms with Crippen molar-refractivity contribution in [2.45, 2.75) is 67.8 Å². The molecule has 20 heteroatoms. The summed E-state index contributed by atoms with van der Waals surface area (Å²) in [4.78, 5) is 27.3. The van der Waals surface area contributed by atoms with Gasteiger partial charge in [0.1, 0.15) is 106 Å². The molecule has 4 aromatic rings. The van der Waals surface area contributed by atoms with Crippen LogP contribution >= 0.6 is 0 Å². The summed E-state index contributed by atoms with van der Waals surface area (Å²) in [5, 5.41) is 145. The van der Waals surface area contributed by atoms with Crippen molar-refractivity contribution in [2.24, 2.45) is 0 Å². The van der Waals surface area contributed by atoms with Crippen molar-refractivity contribution in [1.82, 2.24) is 0 Å². The topological polar surface area (TPSA) is 354 Å². The Kier molecular flexibility index (Phi) is 14.2. The number of ether oxygens (including phenoxy) is 4. The second-order valence-corrected chi connectivity index (χ2v) is 14.6. The first-order chi connectivity index (χ1) is 29.9. The highest BCUT2D eigenvalue weighted by Crippen LogP contribution is 2.42. The summed E-state index contributed by atoms with van der Waals surface area (Å²) in [6.45, 7) is -1.60. The molecule has 2 aliphatic heterocycles. The van der Waals surface area contributed by atoms with E-state index in [9.17, 15) is 81.1 Å². The molecule has 0 bridgehead atoms. The van der Waals surface area contributed by atoms with Crippen LogP contribution in [-0.4, -0.2) is 158 Å². The molecule has 2 saturated heterocycles. The number of phenols is 6. The lowest BCUT2D eigenvalue weighted by molar-refractivity contribution is -0.277. The number of hydrogen-bond acceptors (Lipinski definition) is 20. The van der Waals surface area contributed by atoms with Gasteiger partial charge in [-0.3, -0.25) is 9.59 Å². The van der Waals surface area contributed by atoms with Crippen molar-refractivity contribution in [1.29, 1.82) is 0 Å². The summed E-state index contributed by atoms with van der Waals surface area (Å²) in [5.74, 6) is -6.27. The number of carbonyl (C=O) groups is 2. The van der Waals surface area contributed by atoms with Crippen molar-refractivity contribution >= 4 is 23.7 Å². The van der Waals surface area contributed by atoms with E-state index in [4.69, 9.17) is 18.9 Å². The first kappa shape index (κ1) is 46.2. The van der Waals surface area contributed by atoms with Gasteiger partial charge < -0.3 is 90.4 Å². The normalized spacial score (nSPS) is 26.2. The number of carbonyl (C=O) groups excluding carboxylic acids is 2. The largest absolute Gasteiger partial charge is 0.508 e. The summed E-state index contributed by atoms with van der Waals surface area (Å²) in [5.41, 5.74) is -0.768. The zero-order valence-corrected chi connectivity index (χ0v) is 32.7. The van der Waals surface area contributed by atoms with Gasteiger partial charge in [0, 0.05) is 30.2 Å². The second-order valence-electron chi connectivity index (χ2n) is 14.6. The maximum absolute atomic E-state index is 13.8. The minimum Gasteiger partial charge on any atom is -0.508 e. The van der Waals surface area contributed by atoms with E-state index in [1.54, 1.807) is 0 Å². The number of benzene rings is 4. The Morgan fingerprint density at radius 1 is 0.540 bits per heavy atom. The second kappa shape index (κ2) is 19.4. The van der Waals surface area contributed by atoms with E-state index in [0.717, 1.165) is 30.4 Å². The SMILES string of the molecule is O=C(/C=C/c1ccc(O)c(Cc2c(O)cc(O[C@@H]3O[C@H](CO)[C@@H](O)[C@H](O)[C@H]3O)c(C(=O)/C=C/c3ccc(O)cc3)c2O)c1)c1c(O)cc(O)cc1O[C@@H]1O[C@H](CO)[C@@H](O)[C@H](O)[C@H]1O. The van der Waals surface area contributed by atoms with Crippen molar-refractivity contribution in [3.8, 4) is 46.0 Å². The predicted octanol–water partition coefficient (Wildman–Crippen LogP) is -0.339. The Labute approximate surface area is 356 Å². The Morgan fingerprint density at radius 3 is 1.60 bits per heavy atom. The molecule has 2 fully saturated rings. The minimum absolute atomic E-state index is 0.0231. The molecule has 0 saturated carbocycles. The van der Waals surface area contributed by atoms with Gasteiger partial charge in [-0.05, 0) is 53.1 Å². The van der Waals surface area contributed by atoms with Crippen LogP contribution in [0.4, 0.5) is 0 Å². The summed E-state index contributed by atoms with van der Waals surface area (Å²) in [7, 11) is 0. The van der Waals surface area contributed by atoms with Gasteiger partial charge in [-0.2, -0.15) is 0 Å². The van der Waals surface area contributed by atoms with Gasteiger partial charge in [-0.1, -0.05) is 30.4 Å². The molecular weight excluding hydrogens is 836 g/mol. The maximum atomic E-state index is 13.8. The van der Waals surface area contributed by atoms with Crippen LogP contribution in [0.1, 0.15) is 43.0 Å². The first-order valence-electron chi connectivity index (χ1n) is 19.1. The number of allylic oxidation sites excluding steroid dienone is 2. The van der Waals surface area contributed by atoms with Crippen LogP contribution in [0.3, 0.4) is 0 Å². The zero-order chi connectivity index (χ0) is 45.9. The molecule has 4 aromatic carbocycles. The van der Waals surface area contributed by atoms with Gasteiger partial charge in [0.25, 0.3) is 0 Å². The fourth-order valence-electron chi connectivity index (χ4n) is 6.82. The van der Waals surface area contributed by atoms with Crippen LogP contribution < -0.4 is 9.47 Å². The number of hydrogen-bond donors (Lipinski definition) is 14. The molecule has 336 valence electrons. The summed E-state index contributed by atoms with van der Waals surface area (Å²) >= 11 is 0. The smallest absolute Gasteiger partial charge is 0.229 e. The fourth-order valence-corrected chi connectivity index (χ4v) is 6.82. The molecule has 0 amide bonds. The first-order valence-corrected chi connectivity index (χ1v) is 19.1. The van der Waals surface area contributed by atoms with E-state index < -0.39 is 138 Å². The Bertz CT molecular complexity index is 2360. The maximum Gasteiger partial charge on any atom is 0.229 e. The van der Waals surface area contributed by atoms with Crippen LogP contribution in [0.5, 0.6) is 46.0 Å². The average molecular weight is 881 g/mol. The van der Waals surface area contributed by atoms with Crippen molar-refractivity contribution in [2.75, 3.05) is 13.2 Å². The molecule has 10 atom stereocenters. The van der Waals surface area contributed by atoms with Crippen LogP contribution in [0.2, 0.25) is 0 Å². The average Bonchev–Trinajstić information content (AvgIpc) is 3.24. The molecule has 0 spiro atoms. The van der Waals surface area contributed by atoms with Gasteiger partial charge in [0.2, 0.25) is 12.6 Å². The number of ketones is 2. The number of aromatic hydroxyl groups is 6. The predicted molar refractivity (Wildman–Crippen MR) is 214 cm³/mol. The number of aliphatic hydroxyl groups excluding tert-OH is 8. The zero-order valence-electron chi connectivity index (χ0n) is 32.7. The van der Waals surface area contributed by atoms with E-state index in [1.807, 2.05) is 0 Å². The monoisotopic (exact) mass is 880 g/mol. The molecule has 0 aliphatic carbocycles. The molecule has 63 heavy (non-hydrogen) atoms. The van der Waals surface area contributed by atoms with Gasteiger partial charge >= 0.3 is 0 Å². The highest BCUT2D eigenvalue weighted by molar-refractivity contribution is 6.11. The Hall–Kier alpha value is -6.30. The lowest BCUT2D eigenvalue weighted by atomic mass is 9.95. The van der Waals surface area contributed by atoms with Gasteiger partial charge in [-0.15, -0.1) is 0 Å². The lowest BCUT2D eigenvalue weighted by Gasteiger charge is -2.39. The van der Waals surface area contributed by atoms with Gasteiger partial charge in [-0.25, -0.2) is 0 Å². The number of rotatable bonds is 14. The Balaban J connectivity index is 1.30. The van der Waals surface area contributed by atoms with Crippen LogP contribution in [0.15, 0.2) is 72.8 Å². The molecule has 14 N–H and O–H groups in total. The van der Waals surface area contributed by atoms with E-state index in [-0.39, 0.29) is 28.2 Å². The standard InChI is InChI=1S/C43H44O20/c44-16-31-36(54)38(56)40(58)42(62-31)60-29-14-22(47)13-28(52)33(29)25(49)10-5-19-4-8-24(48)20(11-19)12-23-27(51)15-30(61-43-41(59)39(57)37(55)32(17-45)63-43)34(35(23)53)26(50)9-3-18-1-6-21(46)7-2-18/h1-11,13-15,31-32,36-48,51-59H,12,16-17H2/b9-3+,10-5+/t31-,32-,36-,37-,38+,39+,40-,41-,42-,43-/m1/s1. The highest BCUT2D eigenvalue weighted by Gasteiger charge is 2.46. The molecule has 0 aromatic heterocycles. The molecule has 2 heterocycles. The summed E-state index contributed by atoms with van der Waals surface area (Å²) in [6.07, 6.45) is -13.4. The fraction of sp³-hybridized carbons (Fsp3) is 0.302. The molecule has 20 nitrogen and oxygen atoms in total. The number of aliphatic hydroxyl groups is 8. The highest BCUT2D eigenvalue weighted by atomic mass is 16.7. The van der Waals surface area contributed by atoms with Crippen molar-refractivity contribution in [3.63, 3.8) is 0 Å². The molecule has 6 rings (SSSR count). The summed E-state index contributed by atoms with van der Waals surface area (Å²) < 4.78 is 21.9. The van der Waals surface area contributed by atoms with Gasteiger partial charge in [0.15, 0.2) is 11.6 Å². The third kappa shape index (κ3) is 10.0. The van der Waals surface area contributed by atoms with Crippen molar-refractivity contribution < 1.29 is 100 Å². The molecule has 0 radical (unpaired) electrons. The van der Waals surface area contributed by atoms with Gasteiger partial charge in [0.05, 0.1) is 13.2 Å². The Morgan fingerprint density at radius 2 is 1.05 bits per heavy atom. The quantitative estimate of drug-likeness (QED) is 0.0569. The molecular formula is C43H44O20. The van der Waals surface area contributed by atoms with Crippen LogP contribution in [0.25, 0.3) is 12.2 Å². The van der Waals surface area contributed by atoms with Crippen LogP contribution in [-0.2, 0) is 15.9 Å². The lowest BCUT2D eigenvalue weighted by Crippen LogP contribution is -2.60.